The second kappa shape index (κ2) is 6.69. The number of hydrogen-bond donors (Lipinski definition) is 1. The van der Waals surface area contributed by atoms with Crippen LogP contribution in [0.2, 0.25) is 0 Å². The van der Waals surface area contributed by atoms with Crippen LogP contribution >= 0.6 is 0 Å². The van der Waals surface area contributed by atoms with Crippen molar-refractivity contribution in [2.75, 3.05) is 19.6 Å². The van der Waals surface area contributed by atoms with Crippen LogP contribution in [0.3, 0.4) is 0 Å². The van der Waals surface area contributed by atoms with Gasteiger partial charge in [0.05, 0.1) is 5.52 Å². The van der Waals surface area contributed by atoms with Crippen molar-refractivity contribution in [3.05, 3.63) is 66.4 Å². The second-order valence-corrected chi connectivity index (χ2v) is 6.70. The van der Waals surface area contributed by atoms with Crippen molar-refractivity contribution in [1.82, 2.24) is 14.7 Å². The van der Waals surface area contributed by atoms with E-state index in [9.17, 15) is 4.79 Å². The summed E-state index contributed by atoms with van der Waals surface area (Å²) in [6.45, 7) is 2.31. The first-order valence-corrected chi connectivity index (χ1v) is 8.69. The van der Waals surface area contributed by atoms with Gasteiger partial charge >= 0.3 is 0 Å². The SMILES string of the molecule is NC[C@@H]1CN(C(=O)Cn2cc3ccccc3n2)C[C@H]1c1ccccc1. The number of nitrogens with zero attached hydrogens (tertiary/aromatic N) is 3. The van der Waals surface area contributed by atoms with Gasteiger partial charge in [0.1, 0.15) is 6.54 Å². The van der Waals surface area contributed by atoms with Gasteiger partial charge in [0.15, 0.2) is 0 Å². The van der Waals surface area contributed by atoms with Gasteiger partial charge in [0, 0.05) is 30.6 Å². The largest absolute Gasteiger partial charge is 0.340 e. The third-order valence-electron chi connectivity index (χ3n) is 5.08. The number of benzene rings is 2. The normalized spacial score (nSPS) is 20.3. The van der Waals surface area contributed by atoms with Crippen molar-refractivity contribution in [3.63, 3.8) is 0 Å². The summed E-state index contributed by atoms with van der Waals surface area (Å²) < 4.78 is 1.74. The molecule has 2 atom stereocenters. The molecule has 128 valence electrons. The van der Waals surface area contributed by atoms with Gasteiger partial charge in [0.2, 0.25) is 5.91 Å². The average molecular weight is 334 g/mol. The highest BCUT2D eigenvalue weighted by molar-refractivity contribution is 5.80. The Morgan fingerprint density at radius 3 is 2.60 bits per heavy atom. The number of amides is 1. The van der Waals surface area contributed by atoms with Crippen LogP contribution in [-0.4, -0.2) is 40.2 Å². The van der Waals surface area contributed by atoms with E-state index in [1.807, 2.05) is 53.6 Å². The number of nitrogens with two attached hydrogens (primary N) is 1. The van der Waals surface area contributed by atoms with Crippen LogP contribution in [0.5, 0.6) is 0 Å². The first-order valence-electron chi connectivity index (χ1n) is 8.69. The van der Waals surface area contributed by atoms with Crippen LogP contribution in [0, 0.1) is 5.92 Å². The third kappa shape index (κ3) is 3.15. The van der Waals surface area contributed by atoms with E-state index in [-0.39, 0.29) is 12.5 Å². The molecule has 2 N–H and O–H groups in total. The van der Waals surface area contributed by atoms with Gasteiger partial charge in [0.25, 0.3) is 0 Å². The average Bonchev–Trinajstić information content (AvgIpc) is 3.25. The van der Waals surface area contributed by atoms with E-state index in [2.05, 4.69) is 17.2 Å². The highest BCUT2D eigenvalue weighted by atomic mass is 16.2. The molecule has 2 aromatic carbocycles. The van der Waals surface area contributed by atoms with Crippen LogP contribution in [0.1, 0.15) is 11.5 Å². The predicted octanol–water partition coefficient (Wildman–Crippen LogP) is 2.24. The van der Waals surface area contributed by atoms with Gasteiger partial charge in [-0.3, -0.25) is 9.48 Å². The second-order valence-electron chi connectivity index (χ2n) is 6.70. The summed E-state index contributed by atoms with van der Waals surface area (Å²) in [5.74, 6) is 0.722. The third-order valence-corrected chi connectivity index (χ3v) is 5.08. The molecular weight excluding hydrogens is 312 g/mol. The van der Waals surface area contributed by atoms with Crippen LogP contribution in [0.4, 0.5) is 0 Å². The van der Waals surface area contributed by atoms with Crippen molar-refractivity contribution in [2.24, 2.45) is 11.7 Å². The first-order chi connectivity index (χ1) is 12.2. The molecule has 1 aliphatic heterocycles. The highest BCUT2D eigenvalue weighted by Crippen LogP contribution is 2.32. The molecule has 3 aromatic rings. The van der Waals surface area contributed by atoms with Gasteiger partial charge in [-0.1, -0.05) is 48.5 Å². The molecule has 0 spiro atoms. The summed E-state index contributed by atoms with van der Waals surface area (Å²) in [5.41, 5.74) is 8.15. The maximum absolute atomic E-state index is 12.8. The van der Waals surface area contributed by atoms with Crippen LogP contribution < -0.4 is 5.73 Å². The standard InChI is InChI=1S/C20H22N4O/c21-10-17-11-23(13-18(17)15-6-2-1-3-7-15)20(25)14-24-12-16-8-4-5-9-19(16)22-24/h1-9,12,17-18H,10-11,13-14,21H2/t17-,18+/m1/s1. The minimum atomic E-state index is 0.102. The van der Waals surface area contributed by atoms with Crippen molar-refractivity contribution in [2.45, 2.75) is 12.5 Å². The summed E-state index contributed by atoms with van der Waals surface area (Å²) in [4.78, 5) is 14.7. The number of carbonyl (C=O) groups excluding carboxylic acids is 1. The fourth-order valence-electron chi connectivity index (χ4n) is 3.73. The van der Waals surface area contributed by atoms with E-state index >= 15 is 0 Å². The smallest absolute Gasteiger partial charge is 0.244 e. The first kappa shape index (κ1) is 15.8. The molecule has 0 unspecified atom stereocenters. The lowest BCUT2D eigenvalue weighted by molar-refractivity contribution is -0.131. The van der Waals surface area contributed by atoms with E-state index in [0.29, 0.717) is 18.4 Å². The fraction of sp³-hybridized carbons (Fsp3) is 0.300. The Hall–Kier alpha value is -2.66. The maximum Gasteiger partial charge on any atom is 0.244 e. The molecule has 0 bridgehead atoms. The van der Waals surface area contributed by atoms with Gasteiger partial charge in [-0.05, 0) is 24.1 Å². The monoisotopic (exact) mass is 334 g/mol. The van der Waals surface area contributed by atoms with Gasteiger partial charge in [-0.15, -0.1) is 0 Å². The minimum absolute atomic E-state index is 0.102. The predicted molar refractivity (Wildman–Crippen MR) is 98.0 cm³/mol. The van der Waals surface area contributed by atoms with Crippen molar-refractivity contribution >= 4 is 16.8 Å². The molecule has 4 rings (SSSR count). The Balaban J connectivity index is 1.49. The Kier molecular flexibility index (Phi) is 4.24. The van der Waals surface area contributed by atoms with Crippen LogP contribution in [0.25, 0.3) is 10.9 Å². The zero-order valence-electron chi connectivity index (χ0n) is 14.1. The van der Waals surface area contributed by atoms with Gasteiger partial charge < -0.3 is 10.6 Å². The van der Waals surface area contributed by atoms with Gasteiger partial charge in [-0.25, -0.2) is 0 Å². The summed E-state index contributed by atoms with van der Waals surface area (Å²) in [6.07, 6.45) is 1.93. The van der Waals surface area contributed by atoms with E-state index in [1.54, 1.807) is 4.68 Å². The molecular formula is C20H22N4O. The van der Waals surface area contributed by atoms with E-state index in [0.717, 1.165) is 24.0 Å². The van der Waals surface area contributed by atoms with Crippen LogP contribution in [0.15, 0.2) is 60.8 Å². The number of rotatable bonds is 4. The topological polar surface area (TPSA) is 64.2 Å². The van der Waals surface area contributed by atoms with Gasteiger partial charge in [-0.2, -0.15) is 5.10 Å². The summed E-state index contributed by atoms with van der Waals surface area (Å²) in [7, 11) is 0. The number of hydrogen-bond acceptors (Lipinski definition) is 3. The van der Waals surface area contributed by atoms with Crippen LogP contribution in [-0.2, 0) is 11.3 Å². The summed E-state index contributed by atoms with van der Waals surface area (Å²) >= 11 is 0. The summed E-state index contributed by atoms with van der Waals surface area (Å²) in [6, 6.07) is 18.3. The molecule has 25 heavy (non-hydrogen) atoms. The number of fused-ring (bicyclic) bond motifs is 1. The zero-order valence-corrected chi connectivity index (χ0v) is 14.1. The molecule has 1 fully saturated rings. The lowest BCUT2D eigenvalue weighted by Crippen LogP contribution is -2.32. The highest BCUT2D eigenvalue weighted by Gasteiger charge is 2.35. The zero-order chi connectivity index (χ0) is 17.2. The number of likely N-dealkylation sites (tertiary alicyclic amines) is 1. The molecule has 1 aliphatic rings. The maximum atomic E-state index is 12.8. The van der Waals surface area contributed by atoms with Crippen molar-refractivity contribution < 1.29 is 4.79 Å². The molecule has 1 aromatic heterocycles. The Bertz CT molecular complexity index is 841. The van der Waals surface area contributed by atoms with Crippen molar-refractivity contribution in [3.8, 4) is 0 Å². The fourth-order valence-corrected chi connectivity index (χ4v) is 3.73. The molecule has 5 nitrogen and oxygen atoms in total. The van der Waals surface area contributed by atoms with Crippen molar-refractivity contribution in [1.29, 1.82) is 0 Å². The lowest BCUT2D eigenvalue weighted by atomic mass is 9.89. The number of aromatic nitrogens is 2. The van der Waals surface area contributed by atoms with E-state index in [1.165, 1.54) is 5.56 Å². The molecule has 0 aliphatic carbocycles. The molecule has 1 saturated heterocycles. The summed E-state index contributed by atoms with van der Waals surface area (Å²) in [5, 5.41) is 5.54. The minimum Gasteiger partial charge on any atom is -0.340 e. The Morgan fingerprint density at radius 2 is 1.84 bits per heavy atom. The molecule has 2 heterocycles. The molecule has 0 radical (unpaired) electrons. The van der Waals surface area contributed by atoms with E-state index in [4.69, 9.17) is 5.73 Å². The molecule has 1 amide bonds. The number of carbonyl (C=O) groups is 1. The quantitative estimate of drug-likeness (QED) is 0.796. The molecule has 0 saturated carbocycles. The Morgan fingerprint density at radius 1 is 1.08 bits per heavy atom. The van der Waals surface area contributed by atoms with E-state index < -0.39 is 0 Å². The molecule has 5 heteroatoms. The Labute approximate surface area is 147 Å². The lowest BCUT2D eigenvalue weighted by Gasteiger charge is -2.16.